The summed E-state index contributed by atoms with van der Waals surface area (Å²) in [6.07, 6.45) is 3.87. The number of likely N-dealkylation sites (N-methyl/N-ethyl adjacent to an activating group) is 1. The largest absolute Gasteiger partial charge is 0.477 e. The van der Waals surface area contributed by atoms with Gasteiger partial charge in [0.25, 0.3) is 0 Å². The lowest BCUT2D eigenvalue weighted by atomic mass is 9.80. The fraction of sp³-hybridized carbons (Fsp3) is 0.600. The number of nitrogens with zero attached hydrogens (tertiary/aromatic N) is 1. The van der Waals surface area contributed by atoms with Gasteiger partial charge in [0.2, 0.25) is 0 Å². The lowest BCUT2D eigenvalue weighted by Crippen LogP contribution is -2.48. The Morgan fingerprint density at radius 2 is 1.85 bits per heavy atom. The minimum atomic E-state index is -1.63. The summed E-state index contributed by atoms with van der Waals surface area (Å²) in [6.45, 7) is 1.13. The first-order chi connectivity index (χ1) is 12.3. The number of carbonyl (C=O) groups excluding carboxylic acids is 1. The number of esters is 1. The predicted octanol–water partition coefficient (Wildman–Crippen LogP) is 1.91. The van der Waals surface area contributed by atoms with Crippen LogP contribution in [0.25, 0.3) is 0 Å². The predicted molar refractivity (Wildman–Crippen MR) is 95.2 cm³/mol. The SMILES string of the molecule is C[N@@+]1(CC(=O)O)CC[C@H](OC(=O)[C@](O)(c2ccccc2)C2CCCC2)C1. The number of likely N-dealkylation sites (tertiary alicyclic amines) is 1. The molecule has 3 atom stereocenters. The summed E-state index contributed by atoms with van der Waals surface area (Å²) in [5.74, 6) is -1.59. The molecule has 1 saturated heterocycles. The molecule has 26 heavy (non-hydrogen) atoms. The third-order valence-corrected chi connectivity index (χ3v) is 5.90. The van der Waals surface area contributed by atoms with Crippen molar-refractivity contribution in [3.8, 4) is 0 Å². The molecule has 3 rings (SSSR count). The molecule has 1 heterocycles. The third kappa shape index (κ3) is 3.76. The number of hydrogen-bond acceptors (Lipinski definition) is 4. The summed E-state index contributed by atoms with van der Waals surface area (Å²) in [5.41, 5.74) is -1.05. The number of benzene rings is 1. The Hall–Kier alpha value is -1.92. The Morgan fingerprint density at radius 1 is 1.19 bits per heavy atom. The van der Waals surface area contributed by atoms with Crippen LogP contribution in [-0.2, 0) is 19.9 Å². The number of aliphatic carboxylic acids is 1. The van der Waals surface area contributed by atoms with Crippen LogP contribution in [0.4, 0.5) is 0 Å². The molecule has 6 heteroatoms. The van der Waals surface area contributed by atoms with E-state index in [0.717, 1.165) is 25.7 Å². The van der Waals surface area contributed by atoms with Gasteiger partial charge in [0.15, 0.2) is 18.2 Å². The zero-order valence-corrected chi connectivity index (χ0v) is 15.3. The van der Waals surface area contributed by atoms with Crippen molar-refractivity contribution < 1.29 is 29.0 Å². The molecule has 1 aliphatic heterocycles. The standard InChI is InChI=1S/C20H27NO5/c1-21(14-18(22)23)12-11-17(13-21)26-19(24)20(25,16-9-5-6-10-16)15-7-3-2-4-8-15/h2-4,7-8,16-17,25H,5-6,9-14H2,1H3/p+1/t17-,20-,21+/m0/s1. The lowest BCUT2D eigenvalue weighted by molar-refractivity contribution is -0.891. The summed E-state index contributed by atoms with van der Waals surface area (Å²) < 4.78 is 6.07. The van der Waals surface area contributed by atoms with E-state index in [-0.39, 0.29) is 18.6 Å². The minimum Gasteiger partial charge on any atom is -0.477 e. The molecule has 142 valence electrons. The van der Waals surface area contributed by atoms with E-state index in [4.69, 9.17) is 9.84 Å². The summed E-state index contributed by atoms with van der Waals surface area (Å²) >= 11 is 0. The van der Waals surface area contributed by atoms with Crippen LogP contribution in [0.1, 0.15) is 37.7 Å². The van der Waals surface area contributed by atoms with Crippen molar-refractivity contribution in [1.29, 1.82) is 0 Å². The van der Waals surface area contributed by atoms with Crippen LogP contribution in [0.3, 0.4) is 0 Å². The molecule has 2 aliphatic rings. The van der Waals surface area contributed by atoms with E-state index in [1.807, 2.05) is 25.2 Å². The second-order valence-corrected chi connectivity index (χ2v) is 8.01. The number of quaternary nitrogens is 1. The molecular weight excluding hydrogens is 334 g/mol. The number of carboxylic acid groups (broad SMARTS) is 1. The van der Waals surface area contributed by atoms with E-state index >= 15 is 0 Å². The smallest absolute Gasteiger partial charge is 0.359 e. The van der Waals surface area contributed by atoms with Gasteiger partial charge < -0.3 is 19.4 Å². The highest BCUT2D eigenvalue weighted by molar-refractivity contribution is 5.81. The van der Waals surface area contributed by atoms with Gasteiger partial charge in [0.1, 0.15) is 6.54 Å². The lowest BCUT2D eigenvalue weighted by Gasteiger charge is -2.33. The maximum atomic E-state index is 13.0. The molecule has 0 spiro atoms. The summed E-state index contributed by atoms with van der Waals surface area (Å²) in [6, 6.07) is 9.05. The van der Waals surface area contributed by atoms with E-state index in [9.17, 15) is 14.7 Å². The van der Waals surface area contributed by atoms with Crippen LogP contribution < -0.4 is 0 Å². The molecule has 2 fully saturated rings. The number of aliphatic hydroxyl groups is 1. The number of hydrogen-bond donors (Lipinski definition) is 2. The molecule has 1 aliphatic carbocycles. The molecular formula is C20H28NO5+. The van der Waals surface area contributed by atoms with Gasteiger partial charge in [-0.05, 0) is 18.4 Å². The second kappa shape index (κ2) is 7.37. The maximum Gasteiger partial charge on any atom is 0.359 e. The first kappa shape index (κ1) is 18.9. The Labute approximate surface area is 154 Å². The summed E-state index contributed by atoms with van der Waals surface area (Å²) in [4.78, 5) is 24.1. The Balaban J connectivity index is 1.76. The van der Waals surface area contributed by atoms with Crippen molar-refractivity contribution in [2.45, 2.75) is 43.8 Å². The number of carbonyl (C=O) groups is 2. The van der Waals surface area contributed by atoms with Crippen LogP contribution >= 0.6 is 0 Å². The Bertz CT molecular complexity index is 657. The molecule has 0 bridgehead atoms. The van der Waals surface area contributed by atoms with Crippen molar-refractivity contribution in [3.05, 3.63) is 35.9 Å². The minimum absolute atomic E-state index is 0.0135. The molecule has 6 nitrogen and oxygen atoms in total. The number of carboxylic acids is 1. The number of ether oxygens (including phenoxy) is 1. The molecule has 1 aromatic rings. The van der Waals surface area contributed by atoms with Crippen molar-refractivity contribution in [2.24, 2.45) is 5.92 Å². The molecule has 0 unspecified atom stereocenters. The van der Waals surface area contributed by atoms with Gasteiger partial charge in [-0.1, -0.05) is 43.2 Å². The van der Waals surface area contributed by atoms with Gasteiger partial charge >= 0.3 is 11.9 Å². The Morgan fingerprint density at radius 3 is 2.46 bits per heavy atom. The Kier molecular flexibility index (Phi) is 5.34. The zero-order valence-electron chi connectivity index (χ0n) is 15.3. The molecule has 0 aromatic heterocycles. The fourth-order valence-corrected chi connectivity index (χ4v) is 4.49. The molecule has 2 N–H and O–H groups in total. The van der Waals surface area contributed by atoms with Gasteiger partial charge in [-0.25, -0.2) is 9.59 Å². The molecule has 1 saturated carbocycles. The van der Waals surface area contributed by atoms with Crippen molar-refractivity contribution in [2.75, 3.05) is 26.7 Å². The monoisotopic (exact) mass is 362 g/mol. The summed E-state index contributed by atoms with van der Waals surface area (Å²) in [7, 11) is 1.86. The highest BCUT2D eigenvalue weighted by Crippen LogP contribution is 2.42. The van der Waals surface area contributed by atoms with Crippen LogP contribution in [0.5, 0.6) is 0 Å². The van der Waals surface area contributed by atoms with Gasteiger partial charge in [0.05, 0.1) is 13.6 Å². The van der Waals surface area contributed by atoms with Crippen LogP contribution in [0.15, 0.2) is 30.3 Å². The van der Waals surface area contributed by atoms with Crippen molar-refractivity contribution >= 4 is 11.9 Å². The van der Waals surface area contributed by atoms with Gasteiger partial charge in [-0.3, -0.25) is 0 Å². The van der Waals surface area contributed by atoms with E-state index < -0.39 is 17.5 Å². The fourth-order valence-electron chi connectivity index (χ4n) is 4.49. The topological polar surface area (TPSA) is 83.8 Å². The number of rotatable bonds is 6. The molecule has 1 aromatic carbocycles. The summed E-state index contributed by atoms with van der Waals surface area (Å²) in [5, 5.41) is 20.5. The third-order valence-electron chi connectivity index (χ3n) is 5.90. The van der Waals surface area contributed by atoms with E-state index in [2.05, 4.69) is 0 Å². The van der Waals surface area contributed by atoms with Crippen LogP contribution in [0.2, 0.25) is 0 Å². The van der Waals surface area contributed by atoms with Crippen LogP contribution in [0, 0.1) is 5.92 Å². The molecule has 0 amide bonds. The normalized spacial score (nSPS) is 28.6. The first-order valence-electron chi connectivity index (χ1n) is 9.38. The first-order valence-corrected chi connectivity index (χ1v) is 9.38. The average Bonchev–Trinajstić information content (AvgIpc) is 3.25. The highest BCUT2D eigenvalue weighted by Gasteiger charge is 2.49. The van der Waals surface area contributed by atoms with Crippen molar-refractivity contribution in [3.63, 3.8) is 0 Å². The zero-order chi connectivity index (χ0) is 18.8. The maximum absolute atomic E-state index is 13.0. The van der Waals surface area contributed by atoms with Gasteiger partial charge in [-0.15, -0.1) is 0 Å². The van der Waals surface area contributed by atoms with E-state index in [1.165, 1.54) is 0 Å². The van der Waals surface area contributed by atoms with E-state index in [1.54, 1.807) is 12.1 Å². The van der Waals surface area contributed by atoms with Crippen molar-refractivity contribution in [1.82, 2.24) is 0 Å². The highest BCUT2D eigenvalue weighted by atomic mass is 16.6. The average molecular weight is 362 g/mol. The van der Waals surface area contributed by atoms with Gasteiger partial charge in [-0.2, -0.15) is 0 Å². The van der Waals surface area contributed by atoms with Crippen LogP contribution in [-0.4, -0.2) is 59.4 Å². The van der Waals surface area contributed by atoms with Gasteiger partial charge in [0, 0.05) is 12.3 Å². The quantitative estimate of drug-likeness (QED) is 0.597. The molecule has 0 radical (unpaired) electrons. The second-order valence-electron chi connectivity index (χ2n) is 8.01. The van der Waals surface area contributed by atoms with E-state index in [0.29, 0.717) is 29.6 Å².